The fraction of sp³-hybridized carbons (Fsp3) is 1.00. The lowest BCUT2D eigenvalue weighted by Crippen LogP contribution is -2.26. The summed E-state index contributed by atoms with van der Waals surface area (Å²) in [5.74, 6) is 0. The van der Waals surface area contributed by atoms with Gasteiger partial charge in [0.25, 0.3) is 0 Å². The average Bonchev–Trinajstić information content (AvgIpc) is 2.69. The van der Waals surface area contributed by atoms with Crippen molar-refractivity contribution in [2.45, 2.75) is 52.4 Å². The van der Waals surface area contributed by atoms with E-state index in [1.807, 2.05) is 0 Å². The number of unbranched alkanes of at least 4 members (excludes halogenated alkanes) is 4. The molecule has 0 aliphatic carbocycles. The van der Waals surface area contributed by atoms with E-state index in [1.54, 1.807) is 0 Å². The molecule has 0 saturated heterocycles. The highest BCUT2D eigenvalue weighted by atomic mass is 15.8. The average molecular weight is 212 g/mol. The Morgan fingerprint density at radius 2 is 1.40 bits per heavy atom. The van der Waals surface area contributed by atoms with Gasteiger partial charge in [-0.15, -0.1) is 0 Å². The van der Waals surface area contributed by atoms with Gasteiger partial charge in [0.2, 0.25) is 0 Å². The van der Waals surface area contributed by atoms with E-state index in [0.717, 1.165) is 19.8 Å². The fourth-order valence-corrected chi connectivity index (χ4v) is 1.65. The molecule has 0 radical (unpaired) electrons. The van der Waals surface area contributed by atoms with Crippen LogP contribution >= 0.6 is 0 Å². The van der Waals surface area contributed by atoms with Crippen LogP contribution in [-0.2, 0) is 0 Å². The van der Waals surface area contributed by atoms with Gasteiger partial charge in [-0.05, 0) is 12.8 Å². The van der Waals surface area contributed by atoms with E-state index in [9.17, 15) is 0 Å². The molecule has 0 aromatic carbocycles. The van der Waals surface area contributed by atoms with Gasteiger partial charge < -0.3 is 0 Å². The molecule has 88 valence electrons. The van der Waals surface area contributed by atoms with Crippen LogP contribution in [0.15, 0.2) is 10.4 Å². The Hall–Kier alpha value is -0.800. The molecular weight excluding hydrogens is 188 g/mol. The second kappa shape index (κ2) is 7.49. The maximum Gasteiger partial charge on any atom is 0.126 e. The summed E-state index contributed by atoms with van der Waals surface area (Å²) in [4.78, 5) is 0. The molecule has 4 heteroatoms. The van der Waals surface area contributed by atoms with Crippen molar-refractivity contribution in [1.82, 2.24) is 10.0 Å². The first-order chi connectivity index (χ1) is 7.36. The van der Waals surface area contributed by atoms with Gasteiger partial charge in [0.15, 0.2) is 0 Å². The van der Waals surface area contributed by atoms with E-state index >= 15 is 0 Å². The van der Waals surface area contributed by atoms with Crippen LogP contribution in [0.4, 0.5) is 0 Å². The molecule has 15 heavy (non-hydrogen) atoms. The van der Waals surface area contributed by atoms with Crippen LogP contribution in [-0.4, -0.2) is 29.8 Å². The second-order valence-corrected chi connectivity index (χ2v) is 4.19. The van der Waals surface area contributed by atoms with Crippen molar-refractivity contribution in [2.75, 3.05) is 19.8 Å². The van der Waals surface area contributed by atoms with Gasteiger partial charge in [0.05, 0.1) is 0 Å². The lowest BCUT2D eigenvalue weighted by molar-refractivity contribution is 0.207. The van der Waals surface area contributed by atoms with Gasteiger partial charge in [-0.2, -0.15) is 0 Å². The Morgan fingerprint density at radius 1 is 0.800 bits per heavy atom. The smallest absolute Gasteiger partial charge is 0.126 e. The van der Waals surface area contributed by atoms with Gasteiger partial charge in [-0.3, -0.25) is 10.0 Å². The molecule has 0 aromatic heterocycles. The van der Waals surface area contributed by atoms with Crippen molar-refractivity contribution < 1.29 is 0 Å². The Labute approximate surface area is 93.3 Å². The highest BCUT2D eigenvalue weighted by Gasteiger charge is 2.13. The summed E-state index contributed by atoms with van der Waals surface area (Å²) in [6.45, 7) is 7.45. The Balaban J connectivity index is 2.02. The third-order valence-electron chi connectivity index (χ3n) is 2.66. The van der Waals surface area contributed by atoms with Crippen molar-refractivity contribution in [3.8, 4) is 0 Å². The van der Waals surface area contributed by atoms with Crippen LogP contribution < -0.4 is 0 Å². The first-order valence-corrected chi connectivity index (χ1v) is 6.28. The lowest BCUT2D eigenvalue weighted by Gasteiger charge is -2.15. The van der Waals surface area contributed by atoms with Gasteiger partial charge in [0.1, 0.15) is 6.67 Å². The summed E-state index contributed by atoms with van der Waals surface area (Å²) >= 11 is 0. The molecule has 0 atom stereocenters. The quantitative estimate of drug-likeness (QED) is 0.578. The predicted octanol–water partition coefficient (Wildman–Crippen LogP) is 3.22. The summed E-state index contributed by atoms with van der Waals surface area (Å²) in [5.41, 5.74) is 0. The van der Waals surface area contributed by atoms with Gasteiger partial charge in [-0.25, -0.2) is 0 Å². The van der Waals surface area contributed by atoms with E-state index in [-0.39, 0.29) is 0 Å². The molecule has 0 N–H and O–H groups in total. The maximum atomic E-state index is 4.15. The van der Waals surface area contributed by atoms with Crippen LogP contribution in [0.5, 0.6) is 0 Å². The summed E-state index contributed by atoms with van der Waals surface area (Å²) < 4.78 is 0. The first-order valence-electron chi connectivity index (χ1n) is 6.28. The topological polar surface area (TPSA) is 31.2 Å². The highest BCUT2D eigenvalue weighted by Crippen LogP contribution is 2.10. The number of nitrogens with zero attached hydrogens (tertiary/aromatic N) is 4. The monoisotopic (exact) mass is 212 g/mol. The molecule has 0 spiro atoms. The summed E-state index contributed by atoms with van der Waals surface area (Å²) in [7, 11) is 0. The summed E-state index contributed by atoms with van der Waals surface area (Å²) in [6.07, 6.45) is 7.63. The van der Waals surface area contributed by atoms with E-state index in [4.69, 9.17) is 0 Å². The molecule has 1 aliphatic rings. The number of rotatable bonds is 8. The van der Waals surface area contributed by atoms with E-state index in [1.165, 1.54) is 38.5 Å². The molecule has 0 saturated carbocycles. The Bertz CT molecular complexity index is 181. The second-order valence-electron chi connectivity index (χ2n) is 4.19. The molecule has 0 unspecified atom stereocenters. The van der Waals surface area contributed by atoms with Crippen molar-refractivity contribution in [3.63, 3.8) is 0 Å². The van der Waals surface area contributed by atoms with Crippen LogP contribution in [0, 0.1) is 0 Å². The van der Waals surface area contributed by atoms with E-state index in [0.29, 0.717) is 0 Å². The minimum absolute atomic E-state index is 0.895. The molecule has 4 nitrogen and oxygen atoms in total. The van der Waals surface area contributed by atoms with Crippen molar-refractivity contribution >= 4 is 0 Å². The highest BCUT2D eigenvalue weighted by molar-refractivity contribution is 4.57. The number of hydrogen-bond donors (Lipinski definition) is 0. The molecule has 0 bridgehead atoms. The van der Waals surface area contributed by atoms with Gasteiger partial charge >= 0.3 is 0 Å². The minimum Gasteiger partial charge on any atom is -0.256 e. The fourth-order valence-electron chi connectivity index (χ4n) is 1.65. The molecule has 0 fully saturated rings. The Morgan fingerprint density at radius 3 is 2.00 bits per heavy atom. The molecule has 1 aliphatic heterocycles. The Kier molecular flexibility index (Phi) is 6.12. The van der Waals surface area contributed by atoms with Crippen LogP contribution in [0.1, 0.15) is 52.4 Å². The molecule has 0 amide bonds. The van der Waals surface area contributed by atoms with Crippen molar-refractivity contribution in [2.24, 2.45) is 10.4 Å². The van der Waals surface area contributed by atoms with Gasteiger partial charge in [0, 0.05) is 13.1 Å². The van der Waals surface area contributed by atoms with Crippen LogP contribution in [0.3, 0.4) is 0 Å². The number of hydrogen-bond acceptors (Lipinski definition) is 4. The maximum absolute atomic E-state index is 4.15. The first kappa shape index (κ1) is 12.3. The molecule has 1 rings (SSSR count). The van der Waals surface area contributed by atoms with Crippen LogP contribution in [0.25, 0.3) is 0 Å². The van der Waals surface area contributed by atoms with E-state index in [2.05, 4.69) is 34.3 Å². The normalized spacial score (nSPS) is 15.3. The van der Waals surface area contributed by atoms with Crippen LogP contribution in [0.2, 0.25) is 0 Å². The van der Waals surface area contributed by atoms with Crippen molar-refractivity contribution in [3.05, 3.63) is 0 Å². The third-order valence-corrected chi connectivity index (χ3v) is 2.66. The van der Waals surface area contributed by atoms with Gasteiger partial charge in [-0.1, -0.05) is 50.0 Å². The molecule has 0 aromatic rings. The summed E-state index contributed by atoms with van der Waals surface area (Å²) in [6, 6.07) is 0. The third kappa shape index (κ3) is 5.00. The standard InChI is InChI=1S/C11H24N4/c1-3-5-7-8-10-15-11-14(12-13-15)9-6-4-2/h3-11H2,1-2H3. The lowest BCUT2D eigenvalue weighted by atomic mass is 10.2. The minimum atomic E-state index is 0.895. The largest absolute Gasteiger partial charge is 0.256 e. The zero-order chi connectivity index (χ0) is 10.9. The van der Waals surface area contributed by atoms with Crippen molar-refractivity contribution in [1.29, 1.82) is 0 Å². The zero-order valence-corrected chi connectivity index (χ0v) is 10.2. The zero-order valence-electron chi connectivity index (χ0n) is 10.2. The van der Waals surface area contributed by atoms with E-state index < -0.39 is 0 Å². The molecule has 1 heterocycles. The molecular formula is C11H24N4. The summed E-state index contributed by atoms with van der Waals surface area (Å²) in [5, 5.41) is 12.4. The predicted molar refractivity (Wildman–Crippen MR) is 62.2 cm³/mol. The SMILES string of the molecule is CCCCCCN1CN(CCCC)N=N1.